The third kappa shape index (κ3) is 9.22. The number of hydrogen-bond donors (Lipinski definition) is 3. The predicted molar refractivity (Wildman–Crippen MR) is 103 cm³/mol. The number of carbonyl (C=O) groups is 3. The maximum Gasteiger partial charge on any atom is 0.407 e. The second-order valence-corrected chi connectivity index (χ2v) is 6.97. The minimum absolute atomic E-state index is 0.211. The first-order chi connectivity index (χ1) is 13.1. The minimum Gasteiger partial charge on any atom is -0.492 e. The molecular weight excluding hydrogens is 366 g/mol. The van der Waals surface area contributed by atoms with E-state index in [1.807, 2.05) is 0 Å². The molecule has 0 spiro atoms. The molecule has 1 aromatic carbocycles. The van der Waals surface area contributed by atoms with E-state index in [1.54, 1.807) is 45.0 Å². The second-order valence-electron chi connectivity index (χ2n) is 6.97. The van der Waals surface area contributed by atoms with E-state index in [4.69, 9.17) is 19.9 Å². The van der Waals surface area contributed by atoms with Crippen molar-refractivity contribution in [3.63, 3.8) is 0 Å². The van der Waals surface area contributed by atoms with Crippen molar-refractivity contribution in [2.45, 2.75) is 38.8 Å². The van der Waals surface area contributed by atoms with E-state index in [1.165, 1.54) is 7.11 Å². The summed E-state index contributed by atoms with van der Waals surface area (Å²) >= 11 is 0. The van der Waals surface area contributed by atoms with Crippen LogP contribution in [0.1, 0.15) is 26.3 Å². The molecule has 9 heteroatoms. The first kappa shape index (κ1) is 23.2. The number of benzene rings is 1. The zero-order chi connectivity index (χ0) is 21.2. The fourth-order valence-corrected chi connectivity index (χ4v) is 2.18. The van der Waals surface area contributed by atoms with Gasteiger partial charge in [-0.1, -0.05) is 12.1 Å². The normalized spacial score (nSPS) is 11.9. The minimum atomic E-state index is -0.814. The number of carbonyl (C=O) groups excluding carboxylic acids is 3. The maximum atomic E-state index is 11.8. The Balaban J connectivity index is 2.48. The van der Waals surface area contributed by atoms with E-state index in [0.29, 0.717) is 12.3 Å². The number of amides is 2. The molecule has 156 valence electrons. The molecule has 0 heterocycles. The summed E-state index contributed by atoms with van der Waals surface area (Å²) in [6, 6.07) is 6.22. The van der Waals surface area contributed by atoms with Crippen LogP contribution in [-0.4, -0.2) is 56.4 Å². The van der Waals surface area contributed by atoms with Crippen molar-refractivity contribution in [2.24, 2.45) is 5.73 Å². The van der Waals surface area contributed by atoms with Crippen LogP contribution in [0.5, 0.6) is 5.75 Å². The molecule has 1 unspecified atom stereocenters. The van der Waals surface area contributed by atoms with Gasteiger partial charge in [0.05, 0.1) is 20.2 Å². The van der Waals surface area contributed by atoms with Crippen LogP contribution in [0.25, 0.3) is 0 Å². The Morgan fingerprint density at radius 1 is 1.14 bits per heavy atom. The smallest absolute Gasteiger partial charge is 0.407 e. The number of nitrogens with two attached hydrogens (primary N) is 1. The van der Waals surface area contributed by atoms with Crippen molar-refractivity contribution in [3.05, 3.63) is 29.8 Å². The number of methoxy groups -OCH3 is 1. The fourth-order valence-electron chi connectivity index (χ4n) is 2.18. The zero-order valence-corrected chi connectivity index (χ0v) is 16.7. The van der Waals surface area contributed by atoms with Gasteiger partial charge in [-0.05, 0) is 38.5 Å². The second kappa shape index (κ2) is 11.1. The van der Waals surface area contributed by atoms with Gasteiger partial charge in [0.1, 0.15) is 24.0 Å². The van der Waals surface area contributed by atoms with Crippen LogP contribution in [0, 0.1) is 0 Å². The highest BCUT2D eigenvalue weighted by Gasteiger charge is 2.21. The summed E-state index contributed by atoms with van der Waals surface area (Å²) in [6.07, 6.45) is -0.237. The van der Waals surface area contributed by atoms with Gasteiger partial charge in [-0.2, -0.15) is 0 Å². The molecule has 0 bridgehead atoms. The number of esters is 1. The SMILES string of the molecule is COC(=O)C(Cc1ccc(OCCNC(=O)OC(C)(C)C)cc1)NC(=O)CN. The Morgan fingerprint density at radius 3 is 2.32 bits per heavy atom. The van der Waals surface area contributed by atoms with Gasteiger partial charge >= 0.3 is 12.1 Å². The van der Waals surface area contributed by atoms with Gasteiger partial charge in [0, 0.05) is 6.42 Å². The molecule has 1 rings (SSSR count). The van der Waals surface area contributed by atoms with Gasteiger partial charge in [-0.25, -0.2) is 9.59 Å². The van der Waals surface area contributed by atoms with Crippen LogP contribution in [0.15, 0.2) is 24.3 Å². The maximum absolute atomic E-state index is 11.8. The molecular formula is C19H29N3O6. The Morgan fingerprint density at radius 2 is 1.79 bits per heavy atom. The van der Waals surface area contributed by atoms with Crippen molar-refractivity contribution in [1.29, 1.82) is 0 Å². The lowest BCUT2D eigenvalue weighted by Crippen LogP contribution is -2.45. The standard InChI is InChI=1S/C19H29N3O6/c1-19(2,3)28-18(25)21-9-10-27-14-7-5-13(6-8-14)11-15(17(24)26-4)22-16(23)12-20/h5-8,15H,9-12,20H2,1-4H3,(H,21,25)(H,22,23). The first-order valence-electron chi connectivity index (χ1n) is 8.90. The van der Waals surface area contributed by atoms with Gasteiger partial charge in [0.25, 0.3) is 0 Å². The van der Waals surface area contributed by atoms with Gasteiger partial charge in [-0.3, -0.25) is 4.79 Å². The summed E-state index contributed by atoms with van der Waals surface area (Å²) in [5.74, 6) is -0.376. The van der Waals surface area contributed by atoms with E-state index in [0.717, 1.165) is 5.56 Å². The monoisotopic (exact) mass is 395 g/mol. The molecule has 0 aliphatic heterocycles. The summed E-state index contributed by atoms with van der Waals surface area (Å²) in [7, 11) is 1.26. The number of alkyl carbamates (subject to hydrolysis) is 1. The summed E-state index contributed by atoms with van der Waals surface area (Å²) in [5, 5.41) is 5.13. The average molecular weight is 395 g/mol. The van der Waals surface area contributed by atoms with E-state index < -0.39 is 29.6 Å². The van der Waals surface area contributed by atoms with Gasteiger partial charge in [-0.15, -0.1) is 0 Å². The highest BCUT2D eigenvalue weighted by Crippen LogP contribution is 2.14. The third-order valence-electron chi connectivity index (χ3n) is 3.41. The lowest BCUT2D eigenvalue weighted by Gasteiger charge is -2.19. The molecule has 2 amide bonds. The molecule has 4 N–H and O–H groups in total. The summed E-state index contributed by atoms with van der Waals surface area (Å²) in [4.78, 5) is 34.8. The zero-order valence-electron chi connectivity index (χ0n) is 16.7. The average Bonchev–Trinajstić information content (AvgIpc) is 2.63. The van der Waals surface area contributed by atoms with Gasteiger partial charge < -0.3 is 30.6 Å². The molecule has 1 atom stereocenters. The molecule has 0 fully saturated rings. The quantitative estimate of drug-likeness (QED) is 0.416. The van der Waals surface area contributed by atoms with Crippen LogP contribution in [0.4, 0.5) is 4.79 Å². The first-order valence-corrected chi connectivity index (χ1v) is 8.90. The van der Waals surface area contributed by atoms with Crippen LogP contribution in [-0.2, 0) is 25.5 Å². The third-order valence-corrected chi connectivity index (χ3v) is 3.41. The van der Waals surface area contributed by atoms with Gasteiger partial charge in [0.15, 0.2) is 0 Å². The summed E-state index contributed by atoms with van der Waals surface area (Å²) < 4.78 is 15.4. The van der Waals surface area contributed by atoms with E-state index in [2.05, 4.69) is 10.6 Å². The van der Waals surface area contributed by atoms with Crippen molar-refractivity contribution in [1.82, 2.24) is 10.6 Å². The highest BCUT2D eigenvalue weighted by atomic mass is 16.6. The van der Waals surface area contributed by atoms with Crippen LogP contribution in [0.2, 0.25) is 0 Å². The molecule has 0 aliphatic rings. The van der Waals surface area contributed by atoms with Crippen LogP contribution < -0.4 is 21.1 Å². The Hall–Kier alpha value is -2.81. The lowest BCUT2D eigenvalue weighted by molar-refractivity contribution is -0.144. The topological polar surface area (TPSA) is 129 Å². The molecule has 9 nitrogen and oxygen atoms in total. The Kier molecular flexibility index (Phi) is 9.23. The summed E-state index contributed by atoms with van der Waals surface area (Å²) in [6.45, 7) is 5.73. The summed E-state index contributed by atoms with van der Waals surface area (Å²) in [5.41, 5.74) is 5.53. The molecule has 28 heavy (non-hydrogen) atoms. The van der Waals surface area contributed by atoms with Crippen LogP contribution in [0.3, 0.4) is 0 Å². The molecule has 0 saturated heterocycles. The number of nitrogens with one attached hydrogen (secondary N) is 2. The molecule has 0 aromatic heterocycles. The number of rotatable bonds is 9. The molecule has 0 radical (unpaired) electrons. The van der Waals surface area contributed by atoms with Crippen molar-refractivity contribution in [3.8, 4) is 5.75 Å². The Bertz CT molecular complexity index is 655. The number of ether oxygens (including phenoxy) is 3. The fraction of sp³-hybridized carbons (Fsp3) is 0.526. The number of hydrogen-bond acceptors (Lipinski definition) is 7. The molecule has 1 aromatic rings. The predicted octanol–water partition coefficient (Wildman–Crippen LogP) is 0.749. The van der Waals surface area contributed by atoms with Gasteiger partial charge in [0.2, 0.25) is 5.91 Å². The lowest BCUT2D eigenvalue weighted by atomic mass is 10.1. The largest absolute Gasteiger partial charge is 0.492 e. The van der Waals surface area contributed by atoms with E-state index >= 15 is 0 Å². The van der Waals surface area contributed by atoms with Crippen LogP contribution >= 0.6 is 0 Å². The van der Waals surface area contributed by atoms with Crippen molar-refractivity contribution < 1.29 is 28.6 Å². The van der Waals surface area contributed by atoms with Crippen molar-refractivity contribution in [2.75, 3.05) is 26.8 Å². The van der Waals surface area contributed by atoms with E-state index in [9.17, 15) is 14.4 Å². The van der Waals surface area contributed by atoms with E-state index in [-0.39, 0.29) is 19.6 Å². The Labute approximate surface area is 164 Å². The van der Waals surface area contributed by atoms with Crippen molar-refractivity contribution >= 4 is 18.0 Å². The highest BCUT2D eigenvalue weighted by molar-refractivity contribution is 5.85. The molecule has 0 saturated carbocycles. The molecule has 0 aliphatic carbocycles.